The predicted molar refractivity (Wildman–Crippen MR) is 112 cm³/mol. The molecule has 1 aliphatic heterocycles. The highest BCUT2D eigenvalue weighted by atomic mass is 16.6. The van der Waals surface area contributed by atoms with Crippen molar-refractivity contribution in [2.24, 2.45) is 0 Å². The van der Waals surface area contributed by atoms with Crippen molar-refractivity contribution in [2.75, 3.05) is 23.3 Å². The maximum absolute atomic E-state index is 12.2. The molecule has 148 valence electrons. The minimum Gasteiger partial charge on any atom is -0.366 e. The number of hydrogen-bond donors (Lipinski definition) is 2. The number of nitro benzene ring substituents is 1. The van der Waals surface area contributed by atoms with Gasteiger partial charge in [-0.2, -0.15) is 0 Å². The molecule has 8 heteroatoms. The van der Waals surface area contributed by atoms with Crippen molar-refractivity contribution in [3.05, 3.63) is 70.9 Å². The molecule has 0 saturated carbocycles. The van der Waals surface area contributed by atoms with Crippen molar-refractivity contribution < 1.29 is 9.72 Å². The van der Waals surface area contributed by atoms with Gasteiger partial charge >= 0.3 is 11.7 Å². The summed E-state index contributed by atoms with van der Waals surface area (Å²) in [6.45, 7) is 1.26. The zero-order valence-corrected chi connectivity index (χ0v) is 15.7. The lowest BCUT2D eigenvalue weighted by Crippen LogP contribution is -2.46. The van der Waals surface area contributed by atoms with E-state index in [-0.39, 0.29) is 22.7 Å². The number of carbonyl (C=O) groups is 1. The molecule has 1 saturated heterocycles. The molecule has 0 unspecified atom stereocenters. The molecule has 0 bridgehead atoms. The molecule has 1 aromatic heterocycles. The largest absolute Gasteiger partial charge is 0.366 e. The van der Waals surface area contributed by atoms with Crippen LogP contribution in [0.25, 0.3) is 10.9 Å². The van der Waals surface area contributed by atoms with Crippen molar-refractivity contribution in [1.29, 1.82) is 0 Å². The third-order valence-electron chi connectivity index (χ3n) is 5.12. The second kappa shape index (κ2) is 8.14. The van der Waals surface area contributed by atoms with Crippen molar-refractivity contribution in [3.8, 4) is 0 Å². The van der Waals surface area contributed by atoms with Crippen molar-refractivity contribution >= 4 is 34.0 Å². The van der Waals surface area contributed by atoms with Crippen LogP contribution in [0.2, 0.25) is 0 Å². The lowest BCUT2D eigenvalue weighted by atomic mass is 10.0. The summed E-state index contributed by atoms with van der Waals surface area (Å²) in [5.74, 6) is 0. The summed E-state index contributed by atoms with van der Waals surface area (Å²) in [5, 5.41) is 18.1. The van der Waals surface area contributed by atoms with Crippen LogP contribution in [0.1, 0.15) is 12.8 Å². The Labute approximate surface area is 167 Å². The molecule has 0 atom stereocenters. The smallest absolute Gasteiger partial charge is 0.319 e. The number of benzene rings is 2. The van der Waals surface area contributed by atoms with Crippen LogP contribution in [-0.4, -0.2) is 35.1 Å². The van der Waals surface area contributed by atoms with Crippen molar-refractivity contribution in [1.82, 2.24) is 10.3 Å². The SMILES string of the molecule is O=C(Nc1ccccc1)NC1CCN(c2ccc3ncccc3c2[N+](=O)[O-])CC1. The van der Waals surface area contributed by atoms with Crippen molar-refractivity contribution in [3.63, 3.8) is 0 Å². The minimum atomic E-state index is -0.336. The number of aromatic nitrogens is 1. The number of nitro groups is 1. The van der Waals surface area contributed by atoms with Crippen LogP contribution in [0, 0.1) is 10.1 Å². The minimum absolute atomic E-state index is 0.0242. The molecule has 2 amide bonds. The topological polar surface area (TPSA) is 100 Å². The Kier molecular flexibility index (Phi) is 5.24. The fourth-order valence-corrected chi connectivity index (χ4v) is 3.71. The van der Waals surface area contributed by atoms with Gasteiger partial charge in [0.05, 0.1) is 15.8 Å². The monoisotopic (exact) mass is 391 g/mol. The lowest BCUT2D eigenvalue weighted by Gasteiger charge is -2.33. The number of fused-ring (bicyclic) bond motifs is 1. The quantitative estimate of drug-likeness (QED) is 0.518. The second-order valence-electron chi connectivity index (χ2n) is 6.99. The van der Waals surface area contributed by atoms with E-state index in [1.54, 1.807) is 24.4 Å². The van der Waals surface area contributed by atoms with E-state index in [0.717, 1.165) is 5.69 Å². The van der Waals surface area contributed by atoms with Crippen LogP contribution in [-0.2, 0) is 0 Å². The Hall–Kier alpha value is -3.68. The normalized spacial score (nSPS) is 14.6. The Morgan fingerprint density at radius 1 is 1.07 bits per heavy atom. The van der Waals surface area contributed by atoms with Crippen LogP contribution < -0.4 is 15.5 Å². The van der Waals surface area contributed by atoms with E-state index in [2.05, 4.69) is 15.6 Å². The highest BCUT2D eigenvalue weighted by Crippen LogP contribution is 2.36. The van der Waals surface area contributed by atoms with Crippen LogP contribution in [0.5, 0.6) is 0 Å². The highest BCUT2D eigenvalue weighted by molar-refractivity contribution is 5.94. The molecular formula is C21H21N5O3. The van der Waals surface area contributed by atoms with Crippen LogP contribution in [0.3, 0.4) is 0 Å². The van der Waals surface area contributed by atoms with E-state index in [9.17, 15) is 14.9 Å². The fourth-order valence-electron chi connectivity index (χ4n) is 3.71. The lowest BCUT2D eigenvalue weighted by molar-refractivity contribution is -0.382. The highest BCUT2D eigenvalue weighted by Gasteiger charge is 2.27. The number of rotatable bonds is 4. The molecule has 1 fully saturated rings. The summed E-state index contributed by atoms with van der Waals surface area (Å²) in [4.78, 5) is 29.8. The third-order valence-corrected chi connectivity index (χ3v) is 5.12. The number of urea groups is 1. The van der Waals surface area contributed by atoms with E-state index in [1.807, 2.05) is 41.3 Å². The summed E-state index contributed by atoms with van der Waals surface area (Å²) in [6, 6.07) is 16.1. The molecule has 29 heavy (non-hydrogen) atoms. The summed E-state index contributed by atoms with van der Waals surface area (Å²) < 4.78 is 0. The number of nitrogens with one attached hydrogen (secondary N) is 2. The molecule has 2 heterocycles. The van der Waals surface area contributed by atoms with Gasteiger partial charge in [-0.3, -0.25) is 15.1 Å². The number of hydrogen-bond acceptors (Lipinski definition) is 5. The molecule has 1 aliphatic rings. The van der Waals surface area contributed by atoms with Gasteiger partial charge in [0, 0.05) is 31.0 Å². The number of piperidine rings is 1. The predicted octanol–water partition coefficient (Wildman–Crippen LogP) is 3.93. The Morgan fingerprint density at radius 2 is 1.83 bits per heavy atom. The van der Waals surface area contributed by atoms with Crippen LogP contribution >= 0.6 is 0 Å². The van der Waals surface area contributed by atoms with Crippen LogP contribution in [0.15, 0.2) is 60.8 Å². The first-order valence-corrected chi connectivity index (χ1v) is 9.51. The number of para-hydroxylation sites is 1. The molecule has 0 spiro atoms. The molecule has 0 radical (unpaired) electrons. The molecule has 3 aromatic rings. The van der Waals surface area contributed by atoms with Crippen molar-refractivity contribution in [2.45, 2.75) is 18.9 Å². The van der Waals surface area contributed by atoms with Gasteiger partial charge in [0.1, 0.15) is 5.69 Å². The first-order valence-electron chi connectivity index (χ1n) is 9.51. The zero-order chi connectivity index (χ0) is 20.2. The van der Waals surface area contributed by atoms with Gasteiger partial charge in [-0.15, -0.1) is 0 Å². The van der Waals surface area contributed by atoms with E-state index >= 15 is 0 Å². The summed E-state index contributed by atoms with van der Waals surface area (Å²) in [6.07, 6.45) is 3.05. The summed E-state index contributed by atoms with van der Waals surface area (Å²) >= 11 is 0. The molecule has 8 nitrogen and oxygen atoms in total. The van der Waals surface area contributed by atoms with Gasteiger partial charge in [0.25, 0.3) is 0 Å². The van der Waals surface area contributed by atoms with Gasteiger partial charge < -0.3 is 15.5 Å². The third kappa shape index (κ3) is 4.11. The maximum Gasteiger partial charge on any atom is 0.319 e. The van der Waals surface area contributed by atoms with E-state index in [4.69, 9.17) is 0 Å². The average molecular weight is 391 g/mol. The Balaban J connectivity index is 1.43. The first kappa shape index (κ1) is 18.7. The standard InChI is InChI=1S/C21H21N5O3/c27-21(23-15-5-2-1-3-6-15)24-16-10-13-25(14-11-16)19-9-8-18-17(7-4-12-22-18)20(19)26(28)29/h1-9,12,16H,10-11,13-14H2,(H2,23,24,27). The zero-order valence-electron chi connectivity index (χ0n) is 15.7. The average Bonchev–Trinajstić information content (AvgIpc) is 2.74. The van der Waals surface area contributed by atoms with Gasteiger partial charge in [0.2, 0.25) is 0 Å². The fraction of sp³-hybridized carbons (Fsp3) is 0.238. The maximum atomic E-state index is 12.2. The molecule has 2 N–H and O–H groups in total. The van der Waals surface area contributed by atoms with Gasteiger partial charge in [-0.1, -0.05) is 18.2 Å². The molecular weight excluding hydrogens is 370 g/mol. The van der Waals surface area contributed by atoms with E-state index in [0.29, 0.717) is 42.5 Å². The summed E-state index contributed by atoms with van der Waals surface area (Å²) in [7, 11) is 0. The summed E-state index contributed by atoms with van der Waals surface area (Å²) in [5.41, 5.74) is 2.03. The Morgan fingerprint density at radius 3 is 2.55 bits per heavy atom. The number of carbonyl (C=O) groups excluding carboxylic acids is 1. The Bertz CT molecular complexity index is 1030. The number of anilines is 2. The number of nitrogens with zero attached hydrogens (tertiary/aromatic N) is 3. The molecule has 4 rings (SSSR count). The molecule has 0 aliphatic carbocycles. The second-order valence-corrected chi connectivity index (χ2v) is 6.99. The van der Waals surface area contributed by atoms with Crippen LogP contribution in [0.4, 0.5) is 21.9 Å². The number of amides is 2. The van der Waals surface area contributed by atoms with Gasteiger partial charge in [-0.05, 0) is 49.2 Å². The number of pyridine rings is 1. The first-order chi connectivity index (χ1) is 14.1. The molecule has 2 aromatic carbocycles. The van der Waals surface area contributed by atoms with Gasteiger partial charge in [0.15, 0.2) is 0 Å². The van der Waals surface area contributed by atoms with E-state index < -0.39 is 0 Å². The van der Waals surface area contributed by atoms with Gasteiger partial charge in [-0.25, -0.2) is 4.79 Å². The van der Waals surface area contributed by atoms with E-state index in [1.165, 1.54) is 0 Å².